The van der Waals surface area contributed by atoms with Gasteiger partial charge in [-0.25, -0.2) is 3.71 Å². The molecule has 0 aliphatic carbocycles. The van der Waals surface area contributed by atoms with Crippen LogP contribution in [0.1, 0.15) is 33.1 Å². The molecule has 0 saturated heterocycles. The van der Waals surface area contributed by atoms with Crippen LogP contribution in [-0.4, -0.2) is 15.4 Å². The predicted molar refractivity (Wildman–Crippen MR) is 58.5 cm³/mol. The summed E-state index contributed by atoms with van der Waals surface area (Å²) in [6.45, 7) is 3.36. The van der Waals surface area contributed by atoms with Crippen molar-refractivity contribution in [2.75, 3.05) is 0 Å². The van der Waals surface area contributed by atoms with Gasteiger partial charge in [0.05, 0.1) is 0 Å². The van der Waals surface area contributed by atoms with Crippen molar-refractivity contribution in [2.45, 2.75) is 33.1 Å². The lowest BCUT2D eigenvalue weighted by atomic mass is 10.0. The summed E-state index contributed by atoms with van der Waals surface area (Å²) in [5.74, 6) is -0.0854. The van der Waals surface area contributed by atoms with Crippen LogP contribution >= 0.6 is 25.6 Å². The minimum atomic E-state index is -0.129. The third kappa shape index (κ3) is 5.99. The van der Waals surface area contributed by atoms with E-state index < -0.39 is 0 Å². The Hall–Kier alpha value is -0.160. The first-order valence-electron chi connectivity index (χ1n) is 4.16. The number of thiol groups is 2. The quantitative estimate of drug-likeness (QED) is 0.696. The second-order valence-corrected chi connectivity index (χ2v) is 4.24. The van der Waals surface area contributed by atoms with Gasteiger partial charge in [-0.3, -0.25) is 4.79 Å². The number of nitrogens with zero attached hydrogens (tertiary/aromatic N) is 1. The highest BCUT2D eigenvalue weighted by Gasteiger charge is 2.15. The Kier molecular flexibility index (Phi) is 6.24. The highest BCUT2D eigenvalue weighted by Crippen LogP contribution is 2.14. The summed E-state index contributed by atoms with van der Waals surface area (Å²) in [6, 6.07) is 0. The molecule has 0 N–H and O–H groups in total. The van der Waals surface area contributed by atoms with Gasteiger partial charge >= 0.3 is 0 Å². The molecule has 1 atom stereocenters. The number of hydrogen-bond acceptors (Lipinski definition) is 4. The first-order valence-corrected chi connectivity index (χ1v) is 4.96. The van der Waals surface area contributed by atoms with E-state index in [4.69, 9.17) is 0 Å². The molecule has 0 aromatic rings. The molecule has 0 bridgehead atoms. The molecule has 0 heterocycles. The molecule has 5 heteroatoms. The van der Waals surface area contributed by atoms with Crippen LogP contribution in [0.4, 0.5) is 0 Å². The van der Waals surface area contributed by atoms with Crippen molar-refractivity contribution in [1.82, 2.24) is 3.71 Å². The van der Waals surface area contributed by atoms with Gasteiger partial charge in [-0.1, -0.05) is 32.6 Å². The normalized spacial score (nSPS) is 12.3. The Balaban J connectivity index is 3.68. The lowest BCUT2D eigenvalue weighted by Crippen LogP contribution is -2.20. The number of carbonyl (C=O) groups is 2. The maximum Gasteiger partial charge on any atom is 0.245 e. The minimum absolute atomic E-state index is 0.116. The smallest absolute Gasteiger partial charge is 0.245 e. The maximum atomic E-state index is 11.2. The van der Waals surface area contributed by atoms with Gasteiger partial charge in [0.25, 0.3) is 0 Å². The molecule has 3 nitrogen and oxygen atoms in total. The average molecular weight is 221 g/mol. The Morgan fingerprint density at radius 1 is 1.38 bits per heavy atom. The third-order valence-corrected chi connectivity index (χ3v) is 2.18. The molecule has 13 heavy (non-hydrogen) atoms. The summed E-state index contributed by atoms with van der Waals surface area (Å²) in [7, 11) is 0. The van der Waals surface area contributed by atoms with Crippen molar-refractivity contribution in [1.29, 1.82) is 0 Å². The summed E-state index contributed by atoms with van der Waals surface area (Å²) >= 11 is 7.55. The van der Waals surface area contributed by atoms with E-state index in [1.165, 1.54) is 0 Å². The topological polar surface area (TPSA) is 37.4 Å². The van der Waals surface area contributed by atoms with Crippen LogP contribution in [0.2, 0.25) is 0 Å². The molecule has 0 aliphatic rings. The molecule has 1 amide bonds. The van der Waals surface area contributed by atoms with Crippen molar-refractivity contribution < 1.29 is 9.59 Å². The van der Waals surface area contributed by atoms with E-state index in [1.807, 2.05) is 6.92 Å². The number of carbonyl (C=O) groups excluding carboxylic acids is 2. The standard InChI is InChI=1S/C8H15NO2S2/c1-6(8(11)9(12)13)4-3-5-7(2)10/h6,12-13H,3-5H2,1-2H3. The third-order valence-electron chi connectivity index (χ3n) is 1.78. The van der Waals surface area contributed by atoms with Gasteiger partial charge in [0.2, 0.25) is 5.91 Å². The highest BCUT2D eigenvalue weighted by atomic mass is 32.2. The molecule has 0 aliphatic heterocycles. The minimum Gasteiger partial charge on any atom is -0.300 e. The van der Waals surface area contributed by atoms with Crippen molar-refractivity contribution >= 4 is 37.3 Å². The number of Topliss-reactive ketones (excluding diaryl/α,β-unsaturated/α-hetero) is 1. The Morgan fingerprint density at radius 3 is 2.31 bits per heavy atom. The fourth-order valence-electron chi connectivity index (χ4n) is 0.978. The maximum absolute atomic E-state index is 11.2. The fraction of sp³-hybridized carbons (Fsp3) is 0.750. The molecular weight excluding hydrogens is 206 g/mol. The molecular formula is C8H15NO2S2. The average Bonchev–Trinajstić information content (AvgIpc) is 2.02. The van der Waals surface area contributed by atoms with E-state index in [1.54, 1.807) is 6.92 Å². The molecule has 0 fully saturated rings. The number of amides is 1. The molecule has 0 aromatic heterocycles. The summed E-state index contributed by atoms with van der Waals surface area (Å²) in [4.78, 5) is 21.8. The lowest BCUT2D eigenvalue weighted by molar-refractivity contribution is -0.126. The number of rotatable bonds is 5. The summed E-state index contributed by atoms with van der Waals surface area (Å²) < 4.78 is 0.985. The Morgan fingerprint density at radius 2 is 1.92 bits per heavy atom. The molecule has 0 rings (SSSR count). The van der Waals surface area contributed by atoms with E-state index in [9.17, 15) is 9.59 Å². The van der Waals surface area contributed by atoms with Crippen molar-refractivity contribution in [3.63, 3.8) is 0 Å². The zero-order valence-corrected chi connectivity index (χ0v) is 9.65. The number of ketones is 1. The van der Waals surface area contributed by atoms with E-state index in [-0.39, 0.29) is 17.6 Å². The molecule has 0 radical (unpaired) electrons. The first-order chi connectivity index (χ1) is 5.95. The monoisotopic (exact) mass is 221 g/mol. The van der Waals surface area contributed by atoms with E-state index in [0.29, 0.717) is 12.8 Å². The lowest BCUT2D eigenvalue weighted by Gasteiger charge is -2.13. The SMILES string of the molecule is CC(=O)CCCC(C)C(=O)N(S)S. The van der Waals surface area contributed by atoms with Crippen molar-refractivity contribution in [3.05, 3.63) is 0 Å². The van der Waals surface area contributed by atoms with Gasteiger partial charge in [-0.15, -0.1) is 0 Å². The zero-order valence-electron chi connectivity index (χ0n) is 7.86. The van der Waals surface area contributed by atoms with E-state index in [2.05, 4.69) is 25.6 Å². The van der Waals surface area contributed by atoms with Crippen LogP contribution in [0.15, 0.2) is 0 Å². The van der Waals surface area contributed by atoms with Crippen LogP contribution in [-0.2, 0) is 9.59 Å². The largest absolute Gasteiger partial charge is 0.300 e. The van der Waals surface area contributed by atoms with Gasteiger partial charge < -0.3 is 4.79 Å². The molecule has 0 saturated carbocycles. The van der Waals surface area contributed by atoms with E-state index in [0.717, 1.165) is 10.1 Å². The second kappa shape index (κ2) is 6.32. The molecule has 76 valence electrons. The van der Waals surface area contributed by atoms with Gasteiger partial charge in [-0.05, 0) is 19.8 Å². The summed E-state index contributed by atoms with van der Waals surface area (Å²) in [5, 5.41) is 0. The van der Waals surface area contributed by atoms with Gasteiger partial charge in [0, 0.05) is 12.3 Å². The van der Waals surface area contributed by atoms with Gasteiger partial charge in [0.15, 0.2) is 0 Å². The molecule has 0 aromatic carbocycles. The van der Waals surface area contributed by atoms with Gasteiger partial charge in [0.1, 0.15) is 5.78 Å². The summed E-state index contributed by atoms with van der Waals surface area (Å²) in [6.07, 6.45) is 1.99. The Bertz CT molecular complexity index is 195. The molecule has 0 spiro atoms. The Labute approximate surface area is 90.0 Å². The van der Waals surface area contributed by atoms with E-state index >= 15 is 0 Å². The first kappa shape index (κ1) is 12.8. The summed E-state index contributed by atoms with van der Waals surface area (Å²) in [5.41, 5.74) is 0. The van der Waals surface area contributed by atoms with Crippen LogP contribution in [0.3, 0.4) is 0 Å². The predicted octanol–water partition coefficient (Wildman–Crippen LogP) is 1.90. The van der Waals surface area contributed by atoms with Crippen LogP contribution in [0, 0.1) is 5.92 Å². The van der Waals surface area contributed by atoms with Crippen molar-refractivity contribution in [3.8, 4) is 0 Å². The van der Waals surface area contributed by atoms with Gasteiger partial charge in [-0.2, -0.15) is 0 Å². The van der Waals surface area contributed by atoms with Crippen LogP contribution in [0.5, 0.6) is 0 Å². The fourth-order valence-corrected chi connectivity index (χ4v) is 1.37. The highest BCUT2D eigenvalue weighted by molar-refractivity contribution is 7.94. The van der Waals surface area contributed by atoms with Crippen molar-refractivity contribution in [2.24, 2.45) is 5.92 Å². The zero-order chi connectivity index (χ0) is 10.4. The number of hydrogen-bond donors (Lipinski definition) is 2. The van der Waals surface area contributed by atoms with Crippen LogP contribution < -0.4 is 0 Å². The van der Waals surface area contributed by atoms with Crippen LogP contribution in [0.25, 0.3) is 0 Å². The second-order valence-electron chi connectivity index (χ2n) is 3.12. The molecule has 1 unspecified atom stereocenters.